The van der Waals surface area contributed by atoms with Crippen LogP contribution in [0.3, 0.4) is 0 Å². The van der Waals surface area contributed by atoms with Gasteiger partial charge in [-0.15, -0.1) is 0 Å². The van der Waals surface area contributed by atoms with Crippen molar-refractivity contribution in [1.29, 1.82) is 0 Å². The number of halogens is 1. The second kappa shape index (κ2) is 10.1. The number of hydrogen-bond acceptors (Lipinski definition) is 3. The van der Waals surface area contributed by atoms with Crippen molar-refractivity contribution in [3.8, 4) is 0 Å². The Morgan fingerprint density at radius 1 is 1.00 bits per heavy atom. The maximum Gasteiger partial charge on any atom is 0.163 e. The molecule has 2 N–H and O–H groups in total. The van der Waals surface area contributed by atoms with E-state index < -0.39 is 0 Å². The molecule has 31 heavy (non-hydrogen) atoms. The molecule has 0 aromatic heterocycles. The molecule has 0 unspecified atom stereocenters. The summed E-state index contributed by atoms with van der Waals surface area (Å²) in [6.45, 7) is 4.76. The van der Waals surface area contributed by atoms with Crippen LogP contribution in [0.2, 0.25) is 5.02 Å². The number of Topliss-reactive ketones (excluding diaryl/α,β-unsaturated/α-hetero) is 1. The van der Waals surface area contributed by atoms with Crippen LogP contribution in [0.15, 0.2) is 66.7 Å². The number of anilines is 1. The lowest BCUT2D eigenvalue weighted by Gasteiger charge is -2.16. The van der Waals surface area contributed by atoms with Crippen LogP contribution in [0.4, 0.5) is 5.69 Å². The third kappa shape index (κ3) is 5.36. The van der Waals surface area contributed by atoms with Crippen LogP contribution in [0.5, 0.6) is 0 Å². The molecule has 3 nitrogen and oxygen atoms in total. The van der Waals surface area contributed by atoms with E-state index in [1.54, 1.807) is 0 Å². The number of ketones is 1. The molecule has 1 heterocycles. The molecule has 0 fully saturated rings. The van der Waals surface area contributed by atoms with Gasteiger partial charge in [0, 0.05) is 18.5 Å². The lowest BCUT2D eigenvalue weighted by atomic mass is 9.93. The van der Waals surface area contributed by atoms with Gasteiger partial charge in [-0.3, -0.25) is 4.79 Å². The van der Waals surface area contributed by atoms with Gasteiger partial charge in [0.25, 0.3) is 0 Å². The fourth-order valence-electron chi connectivity index (χ4n) is 4.23. The Labute approximate surface area is 189 Å². The molecule has 0 bridgehead atoms. The summed E-state index contributed by atoms with van der Waals surface area (Å²) in [5, 5.41) is 7.76. The average molecular weight is 433 g/mol. The molecule has 0 radical (unpaired) electrons. The Balaban J connectivity index is 1.40. The number of fused-ring (bicyclic) bond motifs is 1. The SMILES string of the molecule is C[C@@H](CC(=O)c1ccc(CNc2c(Cl)ccc3c2CCNCC3)cc1)c1ccccc1. The zero-order valence-electron chi connectivity index (χ0n) is 18.0. The zero-order chi connectivity index (χ0) is 21.6. The van der Waals surface area contributed by atoms with Crippen molar-refractivity contribution < 1.29 is 4.79 Å². The summed E-state index contributed by atoms with van der Waals surface area (Å²) < 4.78 is 0. The van der Waals surface area contributed by atoms with E-state index in [0.29, 0.717) is 13.0 Å². The monoisotopic (exact) mass is 432 g/mol. The Kier molecular flexibility index (Phi) is 7.06. The van der Waals surface area contributed by atoms with Crippen LogP contribution in [0, 0.1) is 0 Å². The van der Waals surface area contributed by atoms with Crippen LogP contribution in [0.25, 0.3) is 0 Å². The van der Waals surface area contributed by atoms with Gasteiger partial charge in [0.05, 0.1) is 10.7 Å². The van der Waals surface area contributed by atoms with Gasteiger partial charge in [-0.25, -0.2) is 0 Å². The topological polar surface area (TPSA) is 41.1 Å². The summed E-state index contributed by atoms with van der Waals surface area (Å²) in [5.74, 6) is 0.389. The van der Waals surface area contributed by atoms with Crippen molar-refractivity contribution in [2.45, 2.75) is 38.6 Å². The fourth-order valence-corrected chi connectivity index (χ4v) is 4.47. The van der Waals surface area contributed by atoms with Gasteiger partial charge < -0.3 is 10.6 Å². The van der Waals surface area contributed by atoms with Crippen LogP contribution >= 0.6 is 11.6 Å². The lowest BCUT2D eigenvalue weighted by molar-refractivity contribution is 0.0975. The maximum absolute atomic E-state index is 12.7. The van der Waals surface area contributed by atoms with Crippen LogP contribution in [-0.2, 0) is 19.4 Å². The summed E-state index contributed by atoms with van der Waals surface area (Å²) >= 11 is 6.52. The van der Waals surface area contributed by atoms with E-state index >= 15 is 0 Å². The molecule has 1 aliphatic heterocycles. The highest BCUT2D eigenvalue weighted by Gasteiger charge is 2.15. The predicted octanol–water partition coefficient (Wildman–Crippen LogP) is 6.02. The molecule has 0 saturated heterocycles. The average Bonchev–Trinajstić information content (AvgIpc) is 3.05. The lowest BCUT2D eigenvalue weighted by Crippen LogP contribution is -2.16. The van der Waals surface area contributed by atoms with E-state index in [0.717, 1.165) is 47.8 Å². The normalized spacial score (nSPS) is 14.4. The van der Waals surface area contributed by atoms with Gasteiger partial charge in [0.2, 0.25) is 0 Å². The molecular weight excluding hydrogens is 404 g/mol. The first-order chi connectivity index (χ1) is 15.1. The summed E-state index contributed by atoms with van der Waals surface area (Å²) in [6.07, 6.45) is 2.52. The maximum atomic E-state index is 12.7. The van der Waals surface area contributed by atoms with Gasteiger partial charge >= 0.3 is 0 Å². The highest BCUT2D eigenvalue weighted by atomic mass is 35.5. The van der Waals surface area contributed by atoms with Crippen LogP contribution < -0.4 is 10.6 Å². The minimum absolute atomic E-state index is 0.180. The summed E-state index contributed by atoms with van der Waals surface area (Å²) in [5.41, 5.74) is 6.83. The quantitative estimate of drug-likeness (QED) is 0.449. The smallest absolute Gasteiger partial charge is 0.163 e. The van der Waals surface area contributed by atoms with Crippen LogP contribution in [-0.4, -0.2) is 18.9 Å². The molecule has 3 aromatic carbocycles. The molecule has 0 saturated carbocycles. The van der Waals surface area contributed by atoms with E-state index in [1.165, 1.54) is 16.7 Å². The molecule has 1 aliphatic rings. The van der Waals surface area contributed by atoms with Crippen molar-refractivity contribution in [2.75, 3.05) is 18.4 Å². The second-order valence-electron chi connectivity index (χ2n) is 8.30. The number of benzene rings is 3. The highest BCUT2D eigenvalue weighted by Crippen LogP contribution is 2.31. The van der Waals surface area contributed by atoms with E-state index in [9.17, 15) is 4.79 Å². The van der Waals surface area contributed by atoms with Crippen molar-refractivity contribution in [2.24, 2.45) is 0 Å². The van der Waals surface area contributed by atoms with Crippen molar-refractivity contribution in [3.63, 3.8) is 0 Å². The standard InChI is InChI=1S/C27H29ClN2O/c1-19(21-5-3-2-4-6-21)17-26(31)23-9-7-20(8-10-23)18-30-27-24-14-16-29-15-13-22(24)11-12-25(27)28/h2-12,19,29-30H,13-18H2,1H3/t19-/m0/s1. The molecule has 4 rings (SSSR count). The second-order valence-corrected chi connectivity index (χ2v) is 8.71. The van der Waals surface area contributed by atoms with Gasteiger partial charge in [-0.05, 0) is 60.2 Å². The Morgan fingerprint density at radius 3 is 2.52 bits per heavy atom. The highest BCUT2D eigenvalue weighted by molar-refractivity contribution is 6.33. The minimum atomic E-state index is 0.180. The van der Waals surface area contributed by atoms with E-state index in [1.807, 2.05) is 48.5 Å². The number of nitrogens with one attached hydrogen (secondary N) is 2. The predicted molar refractivity (Wildman–Crippen MR) is 129 cm³/mol. The molecule has 0 amide bonds. The first kappa shape index (κ1) is 21.6. The minimum Gasteiger partial charge on any atom is -0.380 e. The number of hydrogen-bond donors (Lipinski definition) is 2. The van der Waals surface area contributed by atoms with Gasteiger partial charge in [0.1, 0.15) is 0 Å². The third-order valence-corrected chi connectivity index (χ3v) is 6.40. The summed E-state index contributed by atoms with van der Waals surface area (Å²) in [6, 6.07) is 22.3. The first-order valence-corrected chi connectivity index (χ1v) is 11.4. The Bertz CT molecular complexity index is 1030. The molecule has 1 atom stereocenters. The largest absolute Gasteiger partial charge is 0.380 e. The first-order valence-electron chi connectivity index (χ1n) is 11.0. The molecule has 0 aliphatic carbocycles. The molecule has 0 spiro atoms. The van der Waals surface area contributed by atoms with E-state index in [-0.39, 0.29) is 11.7 Å². The van der Waals surface area contributed by atoms with Crippen molar-refractivity contribution >= 4 is 23.1 Å². The Morgan fingerprint density at radius 2 is 1.74 bits per heavy atom. The van der Waals surface area contributed by atoms with Crippen molar-refractivity contribution in [1.82, 2.24) is 5.32 Å². The summed E-state index contributed by atoms with van der Waals surface area (Å²) in [4.78, 5) is 12.7. The molecule has 4 heteroatoms. The Hall–Kier alpha value is -2.62. The molecular formula is C27H29ClN2O. The zero-order valence-corrected chi connectivity index (χ0v) is 18.7. The number of carbonyl (C=O) groups is 1. The van der Waals surface area contributed by atoms with E-state index in [2.05, 4.69) is 35.8 Å². The van der Waals surface area contributed by atoms with Gasteiger partial charge in [-0.1, -0.05) is 79.2 Å². The number of carbonyl (C=O) groups excluding carboxylic acids is 1. The van der Waals surface area contributed by atoms with Crippen molar-refractivity contribution in [3.05, 3.63) is 99.6 Å². The summed E-state index contributed by atoms with van der Waals surface area (Å²) in [7, 11) is 0. The van der Waals surface area contributed by atoms with Gasteiger partial charge in [0.15, 0.2) is 5.78 Å². The number of rotatable bonds is 7. The third-order valence-electron chi connectivity index (χ3n) is 6.09. The van der Waals surface area contributed by atoms with Gasteiger partial charge in [-0.2, -0.15) is 0 Å². The van der Waals surface area contributed by atoms with E-state index in [4.69, 9.17) is 11.6 Å². The molecule has 160 valence electrons. The fraction of sp³-hybridized carbons (Fsp3) is 0.296. The molecule has 3 aromatic rings. The van der Waals surface area contributed by atoms with Crippen LogP contribution in [0.1, 0.15) is 51.9 Å².